The minimum absolute atomic E-state index is 0.116. The maximum absolute atomic E-state index is 12.9. The molecule has 14 heteroatoms. The van der Waals surface area contributed by atoms with Crippen LogP contribution in [-0.2, 0) is 20.9 Å². The third-order valence-electron chi connectivity index (χ3n) is 5.45. The number of oxazole rings is 1. The van der Waals surface area contributed by atoms with Gasteiger partial charge in [0.2, 0.25) is 0 Å². The van der Waals surface area contributed by atoms with Crippen LogP contribution >= 0.6 is 11.8 Å². The lowest BCUT2D eigenvalue weighted by Gasteiger charge is -2.49. The molecule has 0 spiro atoms. The van der Waals surface area contributed by atoms with Crippen molar-refractivity contribution < 1.29 is 38.1 Å². The molecular weight excluding hydrogens is 468 g/mol. The molecule has 0 saturated carbocycles. The predicted octanol–water partition coefficient (Wildman–Crippen LogP) is -0.0924. The Morgan fingerprint density at radius 1 is 1.38 bits per heavy atom. The van der Waals surface area contributed by atoms with Gasteiger partial charge in [-0.2, -0.15) is 9.55 Å². The normalized spacial score (nSPS) is 20.3. The second-order valence-corrected chi connectivity index (χ2v) is 8.56. The number of rotatable bonds is 6. The highest BCUT2D eigenvalue weighted by atomic mass is 32.2. The fourth-order valence-corrected chi connectivity index (χ4v) is 5.28. The maximum Gasteiger partial charge on any atom is 0.380 e. The van der Waals surface area contributed by atoms with Gasteiger partial charge in [0.1, 0.15) is 29.1 Å². The van der Waals surface area contributed by atoms with Crippen LogP contribution in [0.25, 0.3) is 11.1 Å². The van der Waals surface area contributed by atoms with E-state index in [1.54, 1.807) is 23.1 Å². The van der Waals surface area contributed by atoms with Crippen molar-refractivity contribution in [2.24, 2.45) is 5.16 Å². The Kier molecular flexibility index (Phi) is 5.20. The van der Waals surface area contributed by atoms with Gasteiger partial charge in [-0.05, 0) is 12.1 Å². The third kappa shape index (κ3) is 3.44. The average molecular weight is 485 g/mol. The molecule has 0 bridgehead atoms. The Morgan fingerprint density at radius 3 is 2.91 bits per heavy atom. The van der Waals surface area contributed by atoms with Gasteiger partial charge in [0.05, 0.1) is 11.6 Å². The average Bonchev–Trinajstić information content (AvgIpc) is 3.47. The number of carbonyl (C=O) groups is 3. The molecule has 1 unspecified atom stereocenters. The van der Waals surface area contributed by atoms with Crippen LogP contribution in [0.4, 0.5) is 6.01 Å². The molecule has 2 aliphatic heterocycles. The number of anilines is 1. The first-order valence-corrected chi connectivity index (χ1v) is 10.9. The van der Waals surface area contributed by atoms with Gasteiger partial charge in [0, 0.05) is 17.4 Å². The molecule has 2 atom stereocenters. The summed E-state index contributed by atoms with van der Waals surface area (Å²) in [6, 6.07) is 4.24. The van der Waals surface area contributed by atoms with E-state index < -0.39 is 34.9 Å². The standard InChI is InChI=1S/C20H16N6O7S/c21-20-22-11(7-33-20)12(24-31)15(27)23-13-16(28)26-14(19(29)30)10(8-34-18(13)26)6-25-4-1-2-9-3-5-32-17(9)25/h1-5,7,13,18H,6,8H2,(H4-,21,22,23,27,29,30,31)/p+1/t13?,18-/m1/s1. The second kappa shape index (κ2) is 8.22. The largest absolute Gasteiger partial charge is 0.477 e. The SMILES string of the molecule is Nc1nc(/C(=N/O)C(=O)NC2C(=O)N3C(C(=O)O)=C(C[n+]4cccc5ccoc54)CS[C@H]23)co1. The molecular formula is C20H17N6O7S+. The number of nitrogens with two attached hydrogens (primary N) is 1. The van der Waals surface area contributed by atoms with Crippen molar-refractivity contribution in [1.29, 1.82) is 0 Å². The fourth-order valence-electron chi connectivity index (χ4n) is 3.94. The number of nitrogens with zero attached hydrogens (tertiary/aromatic N) is 4. The number of oxime groups is 1. The fraction of sp³-hybridized carbons (Fsp3) is 0.200. The monoisotopic (exact) mass is 485 g/mol. The zero-order valence-corrected chi connectivity index (χ0v) is 18.1. The Hall–Kier alpha value is -4.33. The molecule has 2 aliphatic rings. The van der Waals surface area contributed by atoms with Crippen LogP contribution in [0.15, 0.2) is 62.2 Å². The van der Waals surface area contributed by atoms with Crippen molar-refractivity contribution in [1.82, 2.24) is 15.2 Å². The van der Waals surface area contributed by atoms with Gasteiger partial charge in [-0.1, -0.05) is 5.16 Å². The van der Waals surface area contributed by atoms with E-state index >= 15 is 0 Å². The van der Waals surface area contributed by atoms with Crippen LogP contribution in [0.1, 0.15) is 5.69 Å². The number of aliphatic carboxylic acids is 1. The van der Waals surface area contributed by atoms with Gasteiger partial charge in [-0.3, -0.25) is 14.5 Å². The highest BCUT2D eigenvalue weighted by Crippen LogP contribution is 2.40. The molecule has 5 N–H and O–H groups in total. The zero-order valence-electron chi connectivity index (χ0n) is 17.2. The van der Waals surface area contributed by atoms with E-state index in [1.165, 1.54) is 11.8 Å². The number of carboxylic acid groups (broad SMARTS) is 1. The summed E-state index contributed by atoms with van der Waals surface area (Å²) in [5.74, 6) is -2.42. The first-order valence-electron chi connectivity index (χ1n) is 9.89. The molecule has 5 rings (SSSR count). The second-order valence-electron chi connectivity index (χ2n) is 7.46. The molecule has 2 amide bonds. The number of fused-ring (bicyclic) bond motifs is 2. The summed E-state index contributed by atoms with van der Waals surface area (Å²) < 4.78 is 12.1. The van der Waals surface area contributed by atoms with E-state index in [0.29, 0.717) is 17.0 Å². The number of carbonyl (C=O) groups excluding carboxylic acids is 2. The number of aromatic nitrogens is 2. The number of hydrogen-bond donors (Lipinski definition) is 4. The number of hydrogen-bond acceptors (Lipinski definition) is 10. The molecule has 13 nitrogen and oxygen atoms in total. The van der Waals surface area contributed by atoms with E-state index in [1.807, 2.05) is 12.1 Å². The molecule has 1 fully saturated rings. The number of pyridine rings is 1. The van der Waals surface area contributed by atoms with Crippen molar-refractivity contribution in [3.05, 3.63) is 53.9 Å². The van der Waals surface area contributed by atoms with Crippen molar-refractivity contribution in [2.75, 3.05) is 11.5 Å². The van der Waals surface area contributed by atoms with Crippen LogP contribution < -0.4 is 15.6 Å². The Bertz CT molecular complexity index is 1390. The number of nitrogens with one attached hydrogen (secondary N) is 1. The minimum Gasteiger partial charge on any atom is -0.477 e. The highest BCUT2D eigenvalue weighted by Gasteiger charge is 2.55. The van der Waals surface area contributed by atoms with Crippen LogP contribution in [0, 0.1) is 0 Å². The lowest BCUT2D eigenvalue weighted by molar-refractivity contribution is -0.669. The summed E-state index contributed by atoms with van der Waals surface area (Å²) >= 11 is 1.31. The molecule has 5 heterocycles. The molecule has 1 saturated heterocycles. The van der Waals surface area contributed by atoms with Gasteiger partial charge in [-0.15, -0.1) is 11.8 Å². The predicted molar refractivity (Wildman–Crippen MR) is 115 cm³/mol. The van der Waals surface area contributed by atoms with Crippen LogP contribution in [-0.4, -0.2) is 60.9 Å². The molecule has 174 valence electrons. The van der Waals surface area contributed by atoms with Gasteiger partial charge >= 0.3 is 11.7 Å². The quantitative estimate of drug-likeness (QED) is 0.121. The molecule has 0 aromatic carbocycles. The molecule has 34 heavy (non-hydrogen) atoms. The highest BCUT2D eigenvalue weighted by molar-refractivity contribution is 8.00. The summed E-state index contributed by atoms with van der Waals surface area (Å²) in [7, 11) is 0. The van der Waals surface area contributed by atoms with Crippen molar-refractivity contribution in [2.45, 2.75) is 18.0 Å². The van der Waals surface area contributed by atoms with Crippen LogP contribution in [0.2, 0.25) is 0 Å². The van der Waals surface area contributed by atoms with Crippen molar-refractivity contribution in [3.63, 3.8) is 0 Å². The Balaban J connectivity index is 1.37. The summed E-state index contributed by atoms with van der Waals surface area (Å²) in [6.45, 7) is 0.210. The van der Waals surface area contributed by atoms with E-state index in [9.17, 15) is 24.7 Å². The van der Waals surface area contributed by atoms with E-state index in [4.69, 9.17) is 14.6 Å². The number of carboxylic acids is 1. The molecule has 0 aliphatic carbocycles. The van der Waals surface area contributed by atoms with Crippen LogP contribution in [0.3, 0.4) is 0 Å². The van der Waals surface area contributed by atoms with Gasteiger partial charge in [-0.25, -0.2) is 4.79 Å². The van der Waals surface area contributed by atoms with Crippen LogP contribution in [0.5, 0.6) is 0 Å². The summed E-state index contributed by atoms with van der Waals surface area (Å²) in [5, 5.41) is 24.7. The van der Waals surface area contributed by atoms with Gasteiger partial charge in [0.25, 0.3) is 17.8 Å². The number of thioether (sulfide) groups is 1. The summed E-state index contributed by atoms with van der Waals surface area (Å²) in [5.41, 5.74) is 5.74. The van der Waals surface area contributed by atoms with Crippen molar-refractivity contribution in [3.8, 4) is 0 Å². The Morgan fingerprint density at radius 2 is 2.21 bits per heavy atom. The number of nitrogen functional groups attached to an aromatic ring is 1. The summed E-state index contributed by atoms with van der Waals surface area (Å²) in [4.78, 5) is 42.5. The third-order valence-corrected chi connectivity index (χ3v) is 6.79. The molecule has 0 radical (unpaired) electrons. The zero-order chi connectivity index (χ0) is 24.0. The molecule has 3 aromatic heterocycles. The smallest absolute Gasteiger partial charge is 0.380 e. The molecule has 3 aromatic rings. The van der Waals surface area contributed by atoms with E-state index in [2.05, 4.69) is 15.5 Å². The van der Waals surface area contributed by atoms with Gasteiger partial charge < -0.3 is 30.2 Å². The van der Waals surface area contributed by atoms with Crippen molar-refractivity contribution >= 4 is 52.4 Å². The minimum atomic E-state index is -1.25. The van der Waals surface area contributed by atoms with E-state index in [0.717, 1.165) is 16.5 Å². The topological polar surface area (TPSA) is 188 Å². The number of amides is 2. The number of furan rings is 1. The lowest BCUT2D eigenvalue weighted by Crippen LogP contribution is -2.71. The number of β-lactam (4-membered cyclic amide) rings is 1. The maximum atomic E-state index is 12.9. The van der Waals surface area contributed by atoms with Gasteiger partial charge in [0.15, 0.2) is 18.5 Å². The van der Waals surface area contributed by atoms with E-state index in [-0.39, 0.29) is 24.0 Å². The lowest BCUT2D eigenvalue weighted by atomic mass is 10.0. The summed E-state index contributed by atoms with van der Waals surface area (Å²) in [6.07, 6.45) is 4.34. The first-order chi connectivity index (χ1) is 16.4. The Labute approximate surface area is 194 Å². The first kappa shape index (κ1) is 21.5.